The van der Waals surface area contributed by atoms with Gasteiger partial charge in [-0.3, -0.25) is 0 Å². The zero-order chi connectivity index (χ0) is 11.8. The van der Waals surface area contributed by atoms with Crippen LogP contribution in [-0.4, -0.2) is 6.54 Å². The molecule has 0 saturated heterocycles. The molecule has 2 rings (SSSR count). The molecule has 2 N–H and O–H groups in total. The van der Waals surface area contributed by atoms with Crippen LogP contribution in [0.2, 0.25) is 0 Å². The number of hydrogen-bond donors (Lipinski definition) is 1. The number of benzene rings is 1. The summed E-state index contributed by atoms with van der Waals surface area (Å²) in [6.07, 6.45) is 3.63. The minimum absolute atomic E-state index is 0.264. The van der Waals surface area contributed by atoms with E-state index in [4.69, 9.17) is 5.73 Å². The molecule has 2 heteroatoms. The van der Waals surface area contributed by atoms with Crippen molar-refractivity contribution >= 4 is 15.9 Å². The van der Waals surface area contributed by atoms with Gasteiger partial charge in [-0.2, -0.15) is 0 Å². The van der Waals surface area contributed by atoms with Crippen molar-refractivity contribution in [2.24, 2.45) is 17.1 Å². The Labute approximate surface area is 107 Å². The van der Waals surface area contributed by atoms with Gasteiger partial charge >= 0.3 is 0 Å². The summed E-state index contributed by atoms with van der Waals surface area (Å²) < 4.78 is 1.27. The molecule has 0 saturated carbocycles. The Morgan fingerprint density at radius 1 is 1.44 bits per heavy atom. The van der Waals surface area contributed by atoms with E-state index in [0.717, 1.165) is 12.5 Å². The molecule has 1 unspecified atom stereocenters. The minimum Gasteiger partial charge on any atom is -0.330 e. The Kier molecular flexibility index (Phi) is 3.41. The van der Waals surface area contributed by atoms with Crippen LogP contribution in [0.1, 0.15) is 31.4 Å². The lowest BCUT2D eigenvalue weighted by Crippen LogP contribution is -2.35. The van der Waals surface area contributed by atoms with Crippen molar-refractivity contribution in [3.63, 3.8) is 0 Å². The zero-order valence-corrected chi connectivity index (χ0v) is 11.7. The molecule has 0 radical (unpaired) electrons. The van der Waals surface area contributed by atoms with Crippen molar-refractivity contribution in [1.29, 1.82) is 0 Å². The van der Waals surface area contributed by atoms with Crippen LogP contribution in [0, 0.1) is 11.3 Å². The molecule has 0 spiro atoms. The highest BCUT2D eigenvalue weighted by atomic mass is 79.9. The highest BCUT2D eigenvalue weighted by molar-refractivity contribution is 9.10. The van der Waals surface area contributed by atoms with E-state index in [1.807, 2.05) is 0 Å². The average molecular weight is 282 g/mol. The lowest BCUT2D eigenvalue weighted by Gasteiger charge is -2.37. The molecule has 16 heavy (non-hydrogen) atoms. The van der Waals surface area contributed by atoms with Crippen LogP contribution in [0.3, 0.4) is 0 Å². The molecule has 1 aromatic carbocycles. The minimum atomic E-state index is 0.264. The van der Waals surface area contributed by atoms with Gasteiger partial charge in [0.2, 0.25) is 0 Å². The van der Waals surface area contributed by atoms with Gasteiger partial charge in [-0.1, -0.05) is 41.9 Å². The zero-order valence-electron chi connectivity index (χ0n) is 10.1. The lowest BCUT2D eigenvalue weighted by atomic mass is 9.69. The molecule has 88 valence electrons. The summed E-state index contributed by atoms with van der Waals surface area (Å²) >= 11 is 3.64. The van der Waals surface area contributed by atoms with E-state index >= 15 is 0 Å². The highest BCUT2D eigenvalue weighted by Crippen LogP contribution is 2.38. The molecule has 1 aliphatic rings. The second kappa shape index (κ2) is 4.50. The highest BCUT2D eigenvalue weighted by Gasteiger charge is 2.31. The molecule has 0 aliphatic heterocycles. The van der Waals surface area contributed by atoms with Crippen molar-refractivity contribution in [2.75, 3.05) is 6.54 Å². The maximum Gasteiger partial charge on any atom is 0.0210 e. The van der Waals surface area contributed by atoms with Gasteiger partial charge in [0.15, 0.2) is 0 Å². The molecular weight excluding hydrogens is 262 g/mol. The SMILES string of the molecule is CC(C)(CN)C1CCc2c(Br)cccc2C1. The fraction of sp³-hybridized carbons (Fsp3) is 0.571. The van der Waals surface area contributed by atoms with Gasteiger partial charge in [0.25, 0.3) is 0 Å². The predicted molar refractivity (Wildman–Crippen MR) is 72.5 cm³/mol. The van der Waals surface area contributed by atoms with E-state index in [9.17, 15) is 0 Å². The summed E-state index contributed by atoms with van der Waals surface area (Å²) in [5.41, 5.74) is 9.15. The average Bonchev–Trinajstić information content (AvgIpc) is 2.29. The van der Waals surface area contributed by atoms with E-state index in [1.54, 1.807) is 0 Å². The predicted octanol–water partition coefficient (Wildman–Crippen LogP) is 3.54. The summed E-state index contributed by atoms with van der Waals surface area (Å²) in [6, 6.07) is 6.55. The van der Waals surface area contributed by atoms with Crippen LogP contribution >= 0.6 is 15.9 Å². The normalized spacial score (nSPS) is 20.6. The molecule has 0 heterocycles. The maximum atomic E-state index is 5.88. The monoisotopic (exact) mass is 281 g/mol. The van der Waals surface area contributed by atoms with Crippen LogP contribution in [0.5, 0.6) is 0 Å². The number of fused-ring (bicyclic) bond motifs is 1. The third-order valence-corrected chi connectivity index (χ3v) is 4.80. The van der Waals surface area contributed by atoms with Gasteiger partial charge in [-0.05, 0) is 54.3 Å². The van der Waals surface area contributed by atoms with E-state index < -0.39 is 0 Å². The number of rotatable bonds is 2. The van der Waals surface area contributed by atoms with E-state index in [1.165, 1.54) is 34.9 Å². The van der Waals surface area contributed by atoms with E-state index in [-0.39, 0.29) is 5.41 Å². The molecule has 0 aromatic heterocycles. The number of nitrogens with two attached hydrogens (primary N) is 1. The van der Waals surface area contributed by atoms with Crippen molar-refractivity contribution in [3.8, 4) is 0 Å². The first-order valence-corrected chi connectivity index (χ1v) is 6.80. The van der Waals surface area contributed by atoms with Gasteiger partial charge in [0.05, 0.1) is 0 Å². The van der Waals surface area contributed by atoms with E-state index in [2.05, 4.69) is 48.0 Å². The number of halogens is 1. The van der Waals surface area contributed by atoms with Crippen LogP contribution in [0.15, 0.2) is 22.7 Å². The molecule has 0 bridgehead atoms. The van der Waals surface area contributed by atoms with Crippen molar-refractivity contribution < 1.29 is 0 Å². The van der Waals surface area contributed by atoms with Crippen LogP contribution in [-0.2, 0) is 12.8 Å². The summed E-state index contributed by atoms with van der Waals surface area (Å²) in [5, 5.41) is 0. The Balaban J connectivity index is 2.25. The smallest absolute Gasteiger partial charge is 0.0210 e. The van der Waals surface area contributed by atoms with Gasteiger partial charge < -0.3 is 5.73 Å². The Bertz CT molecular complexity index is 384. The summed E-state index contributed by atoms with van der Waals surface area (Å²) in [7, 11) is 0. The largest absolute Gasteiger partial charge is 0.330 e. The van der Waals surface area contributed by atoms with Crippen molar-refractivity contribution in [3.05, 3.63) is 33.8 Å². The quantitative estimate of drug-likeness (QED) is 0.882. The summed E-state index contributed by atoms with van der Waals surface area (Å²) in [6.45, 7) is 5.36. The fourth-order valence-corrected chi connectivity index (χ4v) is 3.20. The van der Waals surface area contributed by atoms with Gasteiger partial charge in [0.1, 0.15) is 0 Å². The molecule has 1 aliphatic carbocycles. The molecule has 1 atom stereocenters. The first kappa shape index (κ1) is 12.1. The topological polar surface area (TPSA) is 26.0 Å². The second-order valence-corrected chi connectivity index (χ2v) is 6.36. The van der Waals surface area contributed by atoms with Gasteiger partial charge in [0, 0.05) is 4.47 Å². The molecule has 1 aromatic rings. The second-order valence-electron chi connectivity index (χ2n) is 5.51. The van der Waals surface area contributed by atoms with Crippen LogP contribution in [0.25, 0.3) is 0 Å². The molecular formula is C14H20BrN. The van der Waals surface area contributed by atoms with E-state index in [0.29, 0.717) is 0 Å². The van der Waals surface area contributed by atoms with Gasteiger partial charge in [-0.25, -0.2) is 0 Å². The van der Waals surface area contributed by atoms with Gasteiger partial charge in [-0.15, -0.1) is 0 Å². The number of hydrogen-bond acceptors (Lipinski definition) is 1. The lowest BCUT2D eigenvalue weighted by molar-refractivity contribution is 0.199. The van der Waals surface area contributed by atoms with Crippen molar-refractivity contribution in [1.82, 2.24) is 0 Å². The maximum absolute atomic E-state index is 5.88. The Hall–Kier alpha value is -0.340. The molecule has 0 fully saturated rings. The third kappa shape index (κ3) is 2.18. The molecule has 1 nitrogen and oxygen atoms in total. The van der Waals surface area contributed by atoms with Crippen LogP contribution < -0.4 is 5.73 Å². The molecule has 0 amide bonds. The summed E-state index contributed by atoms with van der Waals surface area (Å²) in [5.74, 6) is 0.722. The first-order valence-electron chi connectivity index (χ1n) is 6.01. The first-order chi connectivity index (χ1) is 7.54. The van der Waals surface area contributed by atoms with Crippen molar-refractivity contribution in [2.45, 2.75) is 33.1 Å². The standard InChI is InChI=1S/C14H20BrN/c1-14(2,9-16)11-6-7-12-10(8-11)4-3-5-13(12)15/h3-5,11H,6-9,16H2,1-2H3. The third-order valence-electron chi connectivity index (χ3n) is 4.06. The van der Waals surface area contributed by atoms with Crippen LogP contribution in [0.4, 0.5) is 0 Å². The summed E-state index contributed by atoms with van der Waals surface area (Å²) in [4.78, 5) is 0. The fourth-order valence-electron chi connectivity index (χ4n) is 2.59. The Morgan fingerprint density at radius 2 is 2.19 bits per heavy atom. The Morgan fingerprint density at radius 3 is 2.88 bits per heavy atom.